The molecule has 4 rings (SSSR count). The van der Waals surface area contributed by atoms with Crippen molar-refractivity contribution in [3.63, 3.8) is 0 Å². The Hall–Kier alpha value is -1.79. The van der Waals surface area contributed by atoms with Crippen molar-refractivity contribution in [1.29, 1.82) is 0 Å². The fourth-order valence-corrected chi connectivity index (χ4v) is 3.44. The number of rotatable bonds is 4. The largest absolute Gasteiger partial charge is 0.329 e. The van der Waals surface area contributed by atoms with E-state index in [0.717, 1.165) is 15.8 Å². The molecule has 1 saturated carbocycles. The molecule has 0 spiro atoms. The first-order valence-corrected chi connectivity index (χ1v) is 7.65. The van der Waals surface area contributed by atoms with Crippen LogP contribution in [0.15, 0.2) is 30.3 Å². The molecule has 0 aliphatic heterocycles. The van der Waals surface area contributed by atoms with Crippen LogP contribution >= 0.6 is 11.3 Å². The second kappa shape index (κ2) is 4.64. The average Bonchev–Trinajstić information content (AvgIpc) is 3.11. The van der Waals surface area contributed by atoms with E-state index in [-0.39, 0.29) is 5.92 Å². The monoisotopic (exact) mass is 285 g/mol. The Morgan fingerprint density at radius 1 is 1.25 bits per heavy atom. The van der Waals surface area contributed by atoms with Crippen molar-refractivity contribution in [2.24, 2.45) is 5.73 Å². The van der Waals surface area contributed by atoms with Crippen molar-refractivity contribution < 1.29 is 0 Å². The van der Waals surface area contributed by atoms with Crippen molar-refractivity contribution in [3.05, 3.63) is 46.7 Å². The van der Waals surface area contributed by atoms with Crippen LogP contribution in [-0.2, 0) is 0 Å². The molecule has 1 aliphatic rings. The van der Waals surface area contributed by atoms with Gasteiger partial charge in [-0.05, 0) is 18.4 Å². The van der Waals surface area contributed by atoms with Gasteiger partial charge in [0.25, 0.3) is 0 Å². The molecule has 0 saturated heterocycles. The Balaban J connectivity index is 1.76. The minimum absolute atomic E-state index is 0.134. The summed E-state index contributed by atoms with van der Waals surface area (Å²) in [4.78, 5) is 0.872. The highest BCUT2D eigenvalue weighted by molar-refractivity contribution is 7.16. The van der Waals surface area contributed by atoms with E-state index in [4.69, 9.17) is 10.8 Å². The van der Waals surface area contributed by atoms with E-state index >= 15 is 0 Å². The lowest BCUT2D eigenvalue weighted by molar-refractivity contribution is 0.750. The average molecular weight is 285 g/mol. The third-order valence-electron chi connectivity index (χ3n) is 3.71. The molecule has 2 N–H and O–H groups in total. The zero-order valence-electron chi connectivity index (χ0n) is 10.9. The van der Waals surface area contributed by atoms with Gasteiger partial charge < -0.3 is 5.73 Å². The predicted octanol–water partition coefficient (Wildman–Crippen LogP) is 2.15. The Morgan fingerprint density at radius 2 is 2.05 bits per heavy atom. The molecule has 2 aromatic heterocycles. The number of benzene rings is 1. The summed E-state index contributed by atoms with van der Waals surface area (Å²) in [5.41, 5.74) is 7.16. The van der Waals surface area contributed by atoms with Gasteiger partial charge in [0.15, 0.2) is 5.82 Å². The van der Waals surface area contributed by atoms with Gasteiger partial charge in [0, 0.05) is 12.5 Å². The molecule has 6 heteroatoms. The summed E-state index contributed by atoms with van der Waals surface area (Å²) >= 11 is 1.59. The minimum Gasteiger partial charge on any atom is -0.329 e. The highest BCUT2D eigenvalue weighted by atomic mass is 32.1. The summed E-state index contributed by atoms with van der Waals surface area (Å²) in [6.45, 7) is 0.548. The zero-order chi connectivity index (χ0) is 13.5. The molecule has 1 fully saturated rings. The van der Waals surface area contributed by atoms with Crippen LogP contribution in [-0.4, -0.2) is 26.4 Å². The number of hydrogen-bond donors (Lipinski definition) is 1. The van der Waals surface area contributed by atoms with Gasteiger partial charge in [-0.1, -0.05) is 41.7 Å². The number of nitrogens with zero attached hydrogens (tertiary/aromatic N) is 4. The summed E-state index contributed by atoms with van der Waals surface area (Å²) in [7, 11) is 0. The highest BCUT2D eigenvalue weighted by Gasteiger charge is 2.30. The maximum Gasteiger partial charge on any atom is 0.234 e. The maximum atomic E-state index is 5.96. The van der Waals surface area contributed by atoms with E-state index in [1.165, 1.54) is 18.4 Å². The van der Waals surface area contributed by atoms with Crippen molar-refractivity contribution >= 4 is 16.3 Å². The van der Waals surface area contributed by atoms with Gasteiger partial charge in [-0.25, -0.2) is 0 Å². The SMILES string of the molecule is NCC(c1ccccc1)c1nn2c(C3CC3)nnc2s1. The molecule has 1 aromatic carbocycles. The number of aromatic nitrogens is 4. The molecule has 3 aromatic rings. The molecule has 102 valence electrons. The topological polar surface area (TPSA) is 69.1 Å². The smallest absolute Gasteiger partial charge is 0.234 e. The van der Waals surface area contributed by atoms with Crippen molar-refractivity contribution in [3.8, 4) is 0 Å². The van der Waals surface area contributed by atoms with Crippen LogP contribution in [0, 0.1) is 0 Å². The first kappa shape index (κ1) is 12.0. The van der Waals surface area contributed by atoms with Crippen molar-refractivity contribution in [2.75, 3.05) is 6.54 Å². The summed E-state index contributed by atoms with van der Waals surface area (Å²) in [5.74, 6) is 1.69. The van der Waals surface area contributed by atoms with E-state index in [2.05, 4.69) is 22.3 Å². The normalized spacial score (nSPS) is 16.6. The van der Waals surface area contributed by atoms with E-state index in [1.807, 2.05) is 22.7 Å². The lowest BCUT2D eigenvalue weighted by Crippen LogP contribution is -2.14. The lowest BCUT2D eigenvalue weighted by atomic mass is 10.0. The molecule has 0 amide bonds. The third-order valence-corrected chi connectivity index (χ3v) is 4.72. The molecule has 5 nitrogen and oxygen atoms in total. The van der Waals surface area contributed by atoms with Crippen LogP contribution in [0.4, 0.5) is 0 Å². The molecular formula is C14H15N5S. The molecule has 1 unspecified atom stereocenters. The molecule has 1 atom stereocenters. The molecule has 0 bridgehead atoms. The Labute approximate surface area is 120 Å². The van der Waals surface area contributed by atoms with Crippen LogP contribution in [0.1, 0.15) is 41.1 Å². The van der Waals surface area contributed by atoms with Crippen molar-refractivity contribution in [1.82, 2.24) is 19.8 Å². The quantitative estimate of drug-likeness (QED) is 0.797. The van der Waals surface area contributed by atoms with Crippen LogP contribution in [0.2, 0.25) is 0 Å². The molecule has 20 heavy (non-hydrogen) atoms. The summed E-state index contributed by atoms with van der Waals surface area (Å²) in [6.07, 6.45) is 2.40. The van der Waals surface area contributed by atoms with E-state index in [1.54, 1.807) is 11.3 Å². The van der Waals surface area contributed by atoms with E-state index in [0.29, 0.717) is 12.5 Å². The molecule has 2 heterocycles. The van der Waals surface area contributed by atoms with Crippen molar-refractivity contribution in [2.45, 2.75) is 24.7 Å². The highest BCUT2D eigenvalue weighted by Crippen LogP contribution is 2.39. The Kier molecular flexibility index (Phi) is 2.78. The summed E-state index contributed by atoms with van der Waals surface area (Å²) in [6, 6.07) is 10.3. The van der Waals surface area contributed by atoms with Crippen LogP contribution in [0.25, 0.3) is 4.96 Å². The third kappa shape index (κ3) is 1.92. The van der Waals surface area contributed by atoms with Crippen LogP contribution in [0.3, 0.4) is 0 Å². The second-order valence-corrected chi connectivity index (χ2v) is 6.15. The number of fused-ring (bicyclic) bond motifs is 1. The number of hydrogen-bond acceptors (Lipinski definition) is 5. The summed E-state index contributed by atoms with van der Waals surface area (Å²) < 4.78 is 1.91. The minimum atomic E-state index is 0.134. The van der Waals surface area contributed by atoms with Crippen LogP contribution in [0.5, 0.6) is 0 Å². The van der Waals surface area contributed by atoms with Gasteiger partial charge in [0.2, 0.25) is 4.96 Å². The second-order valence-electron chi connectivity index (χ2n) is 5.17. The lowest BCUT2D eigenvalue weighted by Gasteiger charge is -2.11. The van der Waals surface area contributed by atoms with Gasteiger partial charge in [-0.3, -0.25) is 0 Å². The first-order chi connectivity index (χ1) is 9.86. The molecule has 0 radical (unpaired) electrons. The van der Waals surface area contributed by atoms with E-state index in [9.17, 15) is 0 Å². The summed E-state index contributed by atoms with van der Waals surface area (Å²) in [5, 5.41) is 14.2. The number of nitrogens with two attached hydrogens (primary N) is 1. The van der Waals surface area contributed by atoms with Gasteiger partial charge in [0.05, 0.1) is 5.92 Å². The maximum absolute atomic E-state index is 5.96. The Morgan fingerprint density at radius 3 is 2.75 bits per heavy atom. The standard InChI is InChI=1S/C14H15N5S/c15-8-11(9-4-2-1-3-5-9)13-18-19-12(10-6-7-10)16-17-14(19)20-13/h1-5,10-11H,6-8,15H2. The Bertz CT molecular complexity index is 728. The van der Waals surface area contributed by atoms with Crippen LogP contribution < -0.4 is 5.73 Å². The fourth-order valence-electron chi connectivity index (χ4n) is 2.45. The molecule has 1 aliphatic carbocycles. The van der Waals surface area contributed by atoms with Gasteiger partial charge in [-0.15, -0.1) is 10.2 Å². The first-order valence-electron chi connectivity index (χ1n) is 6.84. The van der Waals surface area contributed by atoms with E-state index < -0.39 is 0 Å². The zero-order valence-corrected chi connectivity index (χ0v) is 11.8. The fraction of sp³-hybridized carbons (Fsp3) is 0.357. The predicted molar refractivity (Wildman–Crippen MR) is 78.0 cm³/mol. The van der Waals surface area contributed by atoms with Gasteiger partial charge in [0.1, 0.15) is 5.01 Å². The van der Waals surface area contributed by atoms with Gasteiger partial charge in [-0.2, -0.15) is 9.61 Å². The molecular weight excluding hydrogens is 270 g/mol. The van der Waals surface area contributed by atoms with Gasteiger partial charge >= 0.3 is 0 Å².